The second-order valence-electron chi connectivity index (χ2n) is 5.70. The van der Waals surface area contributed by atoms with Crippen molar-refractivity contribution in [3.05, 3.63) is 54.5 Å². The Balaban J connectivity index is 1.40. The Kier molecular flexibility index (Phi) is 5.22. The monoisotopic (exact) mass is 315 g/mol. The molecule has 116 valence electrons. The highest BCUT2D eigenvalue weighted by molar-refractivity contribution is 7.99. The van der Waals surface area contributed by atoms with E-state index in [9.17, 15) is 4.79 Å². The van der Waals surface area contributed by atoms with Crippen molar-refractivity contribution in [3.8, 4) is 0 Å². The summed E-state index contributed by atoms with van der Waals surface area (Å²) in [6.07, 6.45) is 4.02. The van der Waals surface area contributed by atoms with Crippen LogP contribution in [0.15, 0.2) is 58.0 Å². The second-order valence-corrected chi connectivity index (χ2v) is 6.79. The first-order valence-corrected chi connectivity index (χ1v) is 8.78. The van der Waals surface area contributed by atoms with Gasteiger partial charge in [0.05, 0.1) is 6.26 Å². The summed E-state index contributed by atoms with van der Waals surface area (Å²) in [5.41, 5.74) is 0. The van der Waals surface area contributed by atoms with E-state index in [1.54, 1.807) is 6.26 Å². The first-order valence-electron chi connectivity index (χ1n) is 7.79. The molecular weight excluding hydrogens is 294 g/mol. The molecule has 3 rings (SSSR count). The lowest BCUT2D eigenvalue weighted by atomic mass is 10.2. The van der Waals surface area contributed by atoms with Crippen LogP contribution in [-0.4, -0.2) is 29.6 Å². The van der Waals surface area contributed by atoms with Crippen LogP contribution < -0.4 is 0 Å². The Hall–Kier alpha value is -1.68. The van der Waals surface area contributed by atoms with E-state index < -0.39 is 0 Å². The molecule has 0 radical (unpaired) electrons. The van der Waals surface area contributed by atoms with Gasteiger partial charge in [0.2, 0.25) is 5.91 Å². The summed E-state index contributed by atoms with van der Waals surface area (Å²) >= 11 is 1.89. The van der Waals surface area contributed by atoms with Gasteiger partial charge in [-0.1, -0.05) is 18.2 Å². The molecular formula is C18H21NO2S. The number of furan rings is 1. The highest BCUT2D eigenvalue weighted by Gasteiger charge is 2.25. The molecule has 1 aliphatic rings. The van der Waals surface area contributed by atoms with Crippen LogP contribution in [0.2, 0.25) is 0 Å². The van der Waals surface area contributed by atoms with Crippen molar-refractivity contribution in [2.75, 3.05) is 18.8 Å². The molecule has 1 saturated heterocycles. The maximum atomic E-state index is 12.2. The fourth-order valence-electron chi connectivity index (χ4n) is 2.77. The van der Waals surface area contributed by atoms with Gasteiger partial charge in [0.25, 0.3) is 0 Å². The quantitative estimate of drug-likeness (QED) is 0.759. The molecule has 1 fully saturated rings. The Labute approximate surface area is 135 Å². The van der Waals surface area contributed by atoms with Gasteiger partial charge in [-0.3, -0.25) is 4.79 Å². The number of hydrogen-bond acceptors (Lipinski definition) is 3. The summed E-state index contributed by atoms with van der Waals surface area (Å²) in [7, 11) is 0. The predicted octanol–water partition coefficient (Wildman–Crippen LogP) is 3.85. The van der Waals surface area contributed by atoms with Crippen LogP contribution in [0.25, 0.3) is 0 Å². The number of carbonyl (C=O) groups excluding carboxylic acids is 1. The third-order valence-corrected chi connectivity index (χ3v) is 5.28. The lowest BCUT2D eigenvalue weighted by Gasteiger charge is -2.16. The van der Waals surface area contributed by atoms with Gasteiger partial charge in [0.15, 0.2) is 0 Å². The van der Waals surface area contributed by atoms with Gasteiger partial charge in [-0.25, -0.2) is 0 Å². The molecule has 4 heteroatoms. The van der Waals surface area contributed by atoms with Crippen LogP contribution in [0.1, 0.15) is 18.6 Å². The lowest BCUT2D eigenvalue weighted by Crippen LogP contribution is -2.29. The van der Waals surface area contributed by atoms with Gasteiger partial charge >= 0.3 is 0 Å². The molecule has 22 heavy (non-hydrogen) atoms. The molecule has 2 heterocycles. The number of thioether (sulfide) groups is 1. The zero-order chi connectivity index (χ0) is 15.2. The number of benzene rings is 1. The number of likely N-dealkylation sites (tertiary alicyclic amines) is 1. The van der Waals surface area contributed by atoms with Crippen LogP contribution in [-0.2, 0) is 11.2 Å². The van der Waals surface area contributed by atoms with Crippen molar-refractivity contribution < 1.29 is 9.21 Å². The summed E-state index contributed by atoms with van der Waals surface area (Å²) in [5.74, 6) is 2.84. The minimum Gasteiger partial charge on any atom is -0.469 e. The Morgan fingerprint density at radius 1 is 1.23 bits per heavy atom. The van der Waals surface area contributed by atoms with Crippen LogP contribution in [0.5, 0.6) is 0 Å². The summed E-state index contributed by atoms with van der Waals surface area (Å²) in [4.78, 5) is 15.6. The van der Waals surface area contributed by atoms with Crippen LogP contribution in [0, 0.1) is 5.92 Å². The highest BCUT2D eigenvalue weighted by atomic mass is 32.2. The second kappa shape index (κ2) is 7.54. The van der Waals surface area contributed by atoms with Crippen LogP contribution in [0.4, 0.5) is 0 Å². The molecule has 0 N–H and O–H groups in total. The summed E-state index contributed by atoms with van der Waals surface area (Å²) in [6, 6.07) is 14.3. The average molecular weight is 315 g/mol. The van der Waals surface area contributed by atoms with Gasteiger partial charge in [0.1, 0.15) is 5.76 Å². The van der Waals surface area contributed by atoms with Crippen molar-refractivity contribution in [1.82, 2.24) is 4.90 Å². The topological polar surface area (TPSA) is 33.5 Å². The molecule has 0 spiro atoms. The summed E-state index contributed by atoms with van der Waals surface area (Å²) in [6.45, 7) is 1.80. The van der Waals surface area contributed by atoms with Crippen molar-refractivity contribution >= 4 is 17.7 Å². The van der Waals surface area contributed by atoms with E-state index in [1.165, 1.54) is 4.90 Å². The molecule has 1 amide bonds. The van der Waals surface area contributed by atoms with Gasteiger partial charge < -0.3 is 9.32 Å². The van der Waals surface area contributed by atoms with Gasteiger partial charge in [0, 0.05) is 36.6 Å². The molecule has 2 aromatic rings. The van der Waals surface area contributed by atoms with E-state index in [0.29, 0.717) is 18.8 Å². The van der Waals surface area contributed by atoms with E-state index in [1.807, 2.05) is 34.9 Å². The third-order valence-electron chi connectivity index (χ3n) is 4.03. The SMILES string of the molecule is O=C(CCc1ccco1)N1CC[C@H](CSc2ccccc2)C1. The van der Waals surface area contributed by atoms with E-state index >= 15 is 0 Å². The van der Waals surface area contributed by atoms with Crippen molar-refractivity contribution in [3.63, 3.8) is 0 Å². The molecule has 0 bridgehead atoms. The molecule has 0 aliphatic carbocycles. The largest absolute Gasteiger partial charge is 0.469 e. The maximum Gasteiger partial charge on any atom is 0.223 e. The summed E-state index contributed by atoms with van der Waals surface area (Å²) in [5, 5.41) is 0. The van der Waals surface area contributed by atoms with E-state index in [-0.39, 0.29) is 5.91 Å². The zero-order valence-electron chi connectivity index (χ0n) is 12.6. The van der Waals surface area contributed by atoms with Crippen LogP contribution >= 0.6 is 11.8 Å². The van der Waals surface area contributed by atoms with E-state index in [4.69, 9.17) is 4.42 Å². The number of aryl methyl sites for hydroxylation is 1. The number of nitrogens with zero attached hydrogens (tertiary/aromatic N) is 1. The van der Waals surface area contributed by atoms with Crippen molar-refractivity contribution in [1.29, 1.82) is 0 Å². The first kappa shape index (κ1) is 15.2. The minimum atomic E-state index is 0.253. The molecule has 1 atom stereocenters. The smallest absolute Gasteiger partial charge is 0.223 e. The first-order chi connectivity index (χ1) is 10.8. The molecule has 0 unspecified atom stereocenters. The van der Waals surface area contributed by atoms with E-state index in [2.05, 4.69) is 24.3 Å². The molecule has 1 aliphatic heterocycles. The van der Waals surface area contributed by atoms with Crippen LogP contribution in [0.3, 0.4) is 0 Å². The average Bonchev–Trinajstić information content (AvgIpc) is 3.23. The Bertz CT molecular complexity index is 582. The van der Waals surface area contributed by atoms with Crippen molar-refractivity contribution in [2.45, 2.75) is 24.2 Å². The van der Waals surface area contributed by atoms with E-state index in [0.717, 1.165) is 31.0 Å². The molecule has 3 nitrogen and oxygen atoms in total. The maximum absolute atomic E-state index is 12.2. The fraction of sp³-hybridized carbons (Fsp3) is 0.389. The standard InChI is InChI=1S/C18H21NO2S/c20-18(9-8-16-5-4-12-21-16)19-11-10-15(13-19)14-22-17-6-2-1-3-7-17/h1-7,12,15H,8-11,13-14H2/t15-/m0/s1. The number of carbonyl (C=O) groups is 1. The Morgan fingerprint density at radius 3 is 2.86 bits per heavy atom. The zero-order valence-corrected chi connectivity index (χ0v) is 13.4. The molecule has 0 saturated carbocycles. The van der Waals surface area contributed by atoms with Gasteiger partial charge in [-0.15, -0.1) is 11.8 Å². The van der Waals surface area contributed by atoms with Gasteiger partial charge in [-0.05, 0) is 36.6 Å². The van der Waals surface area contributed by atoms with Gasteiger partial charge in [-0.2, -0.15) is 0 Å². The predicted molar refractivity (Wildman–Crippen MR) is 88.9 cm³/mol. The third kappa shape index (κ3) is 4.17. The number of hydrogen-bond donors (Lipinski definition) is 0. The Morgan fingerprint density at radius 2 is 2.09 bits per heavy atom. The lowest BCUT2D eigenvalue weighted by molar-refractivity contribution is -0.130. The number of rotatable bonds is 6. The molecule has 1 aromatic heterocycles. The normalized spacial score (nSPS) is 17.8. The number of amides is 1. The van der Waals surface area contributed by atoms with Crippen molar-refractivity contribution in [2.24, 2.45) is 5.92 Å². The molecule has 1 aromatic carbocycles. The fourth-order valence-corrected chi connectivity index (χ4v) is 3.82. The highest BCUT2D eigenvalue weighted by Crippen LogP contribution is 2.26. The minimum absolute atomic E-state index is 0.253. The summed E-state index contributed by atoms with van der Waals surface area (Å²) < 4.78 is 5.28.